The van der Waals surface area contributed by atoms with Gasteiger partial charge in [-0.1, -0.05) is 29.3 Å². The van der Waals surface area contributed by atoms with Crippen LogP contribution in [0, 0.1) is 5.92 Å². The van der Waals surface area contributed by atoms with Gasteiger partial charge in [0.2, 0.25) is 5.91 Å². The van der Waals surface area contributed by atoms with E-state index in [9.17, 15) is 4.79 Å². The summed E-state index contributed by atoms with van der Waals surface area (Å²) in [6.07, 6.45) is 4.01. The zero-order valence-corrected chi connectivity index (χ0v) is 13.5. The Morgan fingerprint density at radius 3 is 2.67 bits per heavy atom. The van der Waals surface area contributed by atoms with Crippen LogP contribution in [0.4, 0.5) is 0 Å². The van der Waals surface area contributed by atoms with E-state index in [2.05, 4.69) is 5.32 Å². The van der Waals surface area contributed by atoms with Gasteiger partial charge in [-0.3, -0.25) is 4.79 Å². The summed E-state index contributed by atoms with van der Waals surface area (Å²) in [4.78, 5) is 14.6. The molecule has 2 aliphatic rings. The van der Waals surface area contributed by atoms with Gasteiger partial charge in [0.25, 0.3) is 0 Å². The number of amides is 1. The number of hydrogen-bond donors (Lipinski definition) is 1. The van der Waals surface area contributed by atoms with Crippen LogP contribution in [0.25, 0.3) is 0 Å². The van der Waals surface area contributed by atoms with Crippen molar-refractivity contribution in [3.8, 4) is 0 Å². The molecule has 114 valence electrons. The Bertz CT molecular complexity index is 525. The molecule has 1 unspecified atom stereocenters. The molecule has 1 aliphatic carbocycles. The van der Waals surface area contributed by atoms with Gasteiger partial charge < -0.3 is 10.2 Å². The van der Waals surface area contributed by atoms with Crippen molar-refractivity contribution in [1.82, 2.24) is 10.2 Å². The molecule has 0 aromatic heterocycles. The van der Waals surface area contributed by atoms with Crippen molar-refractivity contribution in [3.05, 3.63) is 33.8 Å². The highest BCUT2D eigenvalue weighted by molar-refractivity contribution is 6.42. The van der Waals surface area contributed by atoms with Gasteiger partial charge in [0.1, 0.15) is 0 Å². The molecular weight excluding hydrogens is 307 g/mol. The van der Waals surface area contributed by atoms with E-state index in [0.29, 0.717) is 35.0 Å². The maximum atomic E-state index is 12.6. The van der Waals surface area contributed by atoms with Crippen LogP contribution in [0.5, 0.6) is 0 Å². The molecule has 1 saturated heterocycles. The third kappa shape index (κ3) is 3.91. The second kappa shape index (κ2) is 6.55. The molecule has 1 N–H and O–H groups in total. The molecule has 1 aromatic rings. The minimum absolute atomic E-state index is 0.275. The summed E-state index contributed by atoms with van der Waals surface area (Å²) in [6, 6.07) is 6.04. The van der Waals surface area contributed by atoms with Gasteiger partial charge in [-0.2, -0.15) is 0 Å². The Morgan fingerprint density at radius 2 is 2.05 bits per heavy atom. The molecule has 0 bridgehead atoms. The lowest BCUT2D eigenvalue weighted by atomic mass is 10.0. The summed E-state index contributed by atoms with van der Waals surface area (Å²) in [5, 5.41) is 4.43. The van der Waals surface area contributed by atoms with E-state index < -0.39 is 0 Å². The fraction of sp³-hybridized carbons (Fsp3) is 0.562. The first kappa shape index (κ1) is 15.1. The Kier molecular flexibility index (Phi) is 4.72. The monoisotopic (exact) mass is 326 g/mol. The van der Waals surface area contributed by atoms with Gasteiger partial charge >= 0.3 is 0 Å². The van der Waals surface area contributed by atoms with Crippen molar-refractivity contribution >= 4 is 29.1 Å². The van der Waals surface area contributed by atoms with Gasteiger partial charge in [0.05, 0.1) is 10.0 Å². The van der Waals surface area contributed by atoms with Crippen molar-refractivity contribution < 1.29 is 4.79 Å². The number of halogens is 2. The number of carbonyl (C=O) groups excluding carboxylic acids is 1. The Labute approximate surface area is 135 Å². The molecule has 3 rings (SSSR count). The zero-order chi connectivity index (χ0) is 14.8. The lowest BCUT2D eigenvalue weighted by Crippen LogP contribution is -2.34. The van der Waals surface area contributed by atoms with Crippen molar-refractivity contribution in [1.29, 1.82) is 0 Å². The van der Waals surface area contributed by atoms with Gasteiger partial charge in [-0.05, 0) is 56.0 Å². The van der Waals surface area contributed by atoms with E-state index in [4.69, 9.17) is 23.2 Å². The van der Waals surface area contributed by atoms with Crippen molar-refractivity contribution in [2.24, 2.45) is 5.92 Å². The summed E-state index contributed by atoms with van der Waals surface area (Å²) in [5.41, 5.74) is 1.05. The minimum atomic E-state index is 0.275. The molecule has 21 heavy (non-hydrogen) atoms. The third-order valence-corrected chi connectivity index (χ3v) is 5.01. The lowest BCUT2D eigenvalue weighted by molar-refractivity contribution is -0.133. The summed E-state index contributed by atoms with van der Waals surface area (Å²) < 4.78 is 0. The highest BCUT2D eigenvalue weighted by Crippen LogP contribution is 2.31. The number of nitrogens with zero attached hydrogens (tertiary/aromatic N) is 1. The van der Waals surface area contributed by atoms with Crippen molar-refractivity contribution in [3.63, 3.8) is 0 Å². The van der Waals surface area contributed by atoms with Crippen LogP contribution < -0.4 is 5.32 Å². The molecule has 3 nitrogen and oxygen atoms in total. The fourth-order valence-electron chi connectivity index (χ4n) is 2.89. The van der Waals surface area contributed by atoms with E-state index in [1.165, 1.54) is 0 Å². The molecular formula is C16H20Cl2N2O. The topological polar surface area (TPSA) is 32.3 Å². The smallest absolute Gasteiger partial charge is 0.223 e. The van der Waals surface area contributed by atoms with Gasteiger partial charge in [0.15, 0.2) is 0 Å². The number of nitrogens with one attached hydrogen (secondary N) is 1. The van der Waals surface area contributed by atoms with Crippen LogP contribution in [-0.2, 0) is 11.3 Å². The maximum Gasteiger partial charge on any atom is 0.223 e. The summed E-state index contributed by atoms with van der Waals surface area (Å²) in [5.74, 6) is 0.768. The van der Waals surface area contributed by atoms with Crippen molar-refractivity contribution in [2.75, 3.05) is 13.1 Å². The van der Waals surface area contributed by atoms with E-state index in [1.54, 1.807) is 6.07 Å². The molecule has 1 heterocycles. The first-order valence-corrected chi connectivity index (χ1v) is 8.33. The van der Waals surface area contributed by atoms with Crippen LogP contribution in [0.1, 0.15) is 31.2 Å². The summed E-state index contributed by atoms with van der Waals surface area (Å²) in [6.45, 7) is 2.64. The van der Waals surface area contributed by atoms with Gasteiger partial charge in [-0.15, -0.1) is 0 Å². The molecule has 1 saturated carbocycles. The zero-order valence-electron chi connectivity index (χ0n) is 11.9. The number of carbonyl (C=O) groups is 1. The molecule has 1 aromatic carbocycles. The predicted molar refractivity (Wildman–Crippen MR) is 85.6 cm³/mol. The van der Waals surface area contributed by atoms with Crippen LogP contribution in [0.2, 0.25) is 10.0 Å². The first-order valence-electron chi connectivity index (χ1n) is 7.57. The average molecular weight is 327 g/mol. The van der Waals surface area contributed by atoms with Crippen LogP contribution in [-0.4, -0.2) is 29.9 Å². The van der Waals surface area contributed by atoms with E-state index in [1.807, 2.05) is 17.0 Å². The SMILES string of the molecule is O=C(CC1CCNC1)N(Cc1ccc(Cl)c(Cl)c1)C1CC1. The normalized spacial score (nSPS) is 21.5. The number of hydrogen-bond acceptors (Lipinski definition) is 2. The highest BCUT2D eigenvalue weighted by atomic mass is 35.5. The Hall–Kier alpha value is -0.770. The maximum absolute atomic E-state index is 12.6. The second-order valence-electron chi connectivity index (χ2n) is 6.06. The fourth-order valence-corrected chi connectivity index (χ4v) is 3.22. The number of rotatable bonds is 5. The second-order valence-corrected chi connectivity index (χ2v) is 6.88. The minimum Gasteiger partial charge on any atom is -0.335 e. The summed E-state index contributed by atoms with van der Waals surface area (Å²) in [7, 11) is 0. The molecule has 1 amide bonds. The largest absolute Gasteiger partial charge is 0.335 e. The first-order chi connectivity index (χ1) is 10.1. The third-order valence-electron chi connectivity index (χ3n) is 4.27. The standard InChI is InChI=1S/C16H20Cl2N2O/c17-14-4-1-12(7-15(14)18)10-20(13-2-3-13)16(21)8-11-5-6-19-9-11/h1,4,7,11,13,19H,2-3,5-6,8-10H2. The van der Waals surface area contributed by atoms with Gasteiger partial charge in [-0.25, -0.2) is 0 Å². The average Bonchev–Trinajstić information content (AvgIpc) is 3.17. The predicted octanol–water partition coefficient (Wildman–Crippen LogP) is 3.48. The highest BCUT2D eigenvalue weighted by Gasteiger charge is 2.33. The Balaban J connectivity index is 1.66. The molecule has 2 fully saturated rings. The van der Waals surface area contributed by atoms with Gasteiger partial charge in [0, 0.05) is 19.0 Å². The number of benzene rings is 1. The van der Waals surface area contributed by atoms with E-state index in [0.717, 1.165) is 37.9 Å². The van der Waals surface area contributed by atoms with Crippen LogP contribution in [0.15, 0.2) is 18.2 Å². The van der Waals surface area contributed by atoms with Crippen LogP contribution in [0.3, 0.4) is 0 Å². The molecule has 0 spiro atoms. The quantitative estimate of drug-likeness (QED) is 0.898. The lowest BCUT2D eigenvalue weighted by Gasteiger charge is -2.24. The molecule has 1 atom stereocenters. The van der Waals surface area contributed by atoms with E-state index in [-0.39, 0.29) is 5.91 Å². The van der Waals surface area contributed by atoms with Crippen molar-refractivity contribution in [2.45, 2.75) is 38.3 Å². The summed E-state index contributed by atoms with van der Waals surface area (Å²) >= 11 is 12.0. The molecule has 0 radical (unpaired) electrons. The molecule has 5 heteroatoms. The van der Waals surface area contributed by atoms with E-state index >= 15 is 0 Å². The molecule has 1 aliphatic heterocycles. The Morgan fingerprint density at radius 1 is 1.24 bits per heavy atom. The van der Waals surface area contributed by atoms with Crippen LogP contribution >= 0.6 is 23.2 Å².